The summed E-state index contributed by atoms with van der Waals surface area (Å²) in [6.45, 7) is 3.29. The van der Waals surface area contributed by atoms with Crippen LogP contribution in [0.4, 0.5) is 0 Å². The molecule has 19 heavy (non-hydrogen) atoms. The van der Waals surface area contributed by atoms with Crippen LogP contribution in [0.3, 0.4) is 0 Å². The van der Waals surface area contributed by atoms with Gasteiger partial charge in [0.2, 0.25) is 0 Å². The van der Waals surface area contributed by atoms with Gasteiger partial charge in [-0.1, -0.05) is 6.92 Å². The van der Waals surface area contributed by atoms with Gasteiger partial charge in [-0.15, -0.1) is 0 Å². The minimum atomic E-state index is -0.0854. The lowest BCUT2D eigenvalue weighted by Crippen LogP contribution is -2.42. The molecule has 5 heteroatoms. The maximum Gasteiger partial charge on any atom is 0.254 e. The van der Waals surface area contributed by atoms with Crippen molar-refractivity contribution in [2.45, 2.75) is 19.4 Å². The maximum atomic E-state index is 12.4. The van der Waals surface area contributed by atoms with Gasteiger partial charge in [-0.25, -0.2) is 0 Å². The molecule has 2 atom stereocenters. The van der Waals surface area contributed by atoms with E-state index in [1.807, 2.05) is 0 Å². The molecule has 1 aliphatic rings. The molecule has 0 radical (unpaired) electrons. The van der Waals surface area contributed by atoms with Gasteiger partial charge in [0.1, 0.15) is 0 Å². The van der Waals surface area contributed by atoms with Crippen molar-refractivity contribution in [2.75, 3.05) is 20.2 Å². The predicted octanol–water partition coefficient (Wildman–Crippen LogP) is 1.21. The lowest BCUT2D eigenvalue weighted by molar-refractivity contribution is 0.0727. The Morgan fingerprint density at radius 2 is 2.32 bits per heavy atom. The number of benzene rings is 1. The summed E-state index contributed by atoms with van der Waals surface area (Å²) < 4.78 is 4.97. The van der Waals surface area contributed by atoms with E-state index in [0.717, 1.165) is 6.42 Å². The molecule has 0 aliphatic carbocycles. The van der Waals surface area contributed by atoms with E-state index in [4.69, 9.17) is 10.5 Å². The Kier molecular flexibility index (Phi) is 3.95. The second-order valence-corrected chi connectivity index (χ2v) is 4.95. The second-order valence-electron chi connectivity index (χ2n) is 4.95. The highest BCUT2D eigenvalue weighted by Gasteiger charge is 2.33. The highest BCUT2D eigenvalue weighted by molar-refractivity contribution is 5.95. The fourth-order valence-corrected chi connectivity index (χ4v) is 2.61. The topological polar surface area (TPSA) is 75.8 Å². The van der Waals surface area contributed by atoms with Gasteiger partial charge < -0.3 is 20.5 Å². The number of phenols is 1. The molecule has 1 aromatic rings. The summed E-state index contributed by atoms with van der Waals surface area (Å²) in [5.74, 6) is 0.671. The van der Waals surface area contributed by atoms with E-state index >= 15 is 0 Å². The van der Waals surface area contributed by atoms with Crippen LogP contribution < -0.4 is 10.5 Å². The molecule has 1 heterocycles. The second kappa shape index (κ2) is 5.48. The van der Waals surface area contributed by atoms with Crippen LogP contribution in [0.1, 0.15) is 23.7 Å². The number of hydrogen-bond acceptors (Lipinski definition) is 4. The first kappa shape index (κ1) is 13.7. The quantitative estimate of drug-likeness (QED) is 0.860. The summed E-state index contributed by atoms with van der Waals surface area (Å²) in [4.78, 5) is 14.2. The van der Waals surface area contributed by atoms with Crippen molar-refractivity contribution in [3.63, 3.8) is 0 Å². The zero-order valence-electron chi connectivity index (χ0n) is 11.3. The van der Waals surface area contributed by atoms with E-state index in [1.54, 1.807) is 17.0 Å². The van der Waals surface area contributed by atoms with Gasteiger partial charge in [-0.05, 0) is 30.5 Å². The van der Waals surface area contributed by atoms with Gasteiger partial charge in [-0.3, -0.25) is 4.79 Å². The Labute approximate surface area is 113 Å². The van der Waals surface area contributed by atoms with Crippen molar-refractivity contribution in [2.24, 2.45) is 11.7 Å². The molecule has 2 unspecified atom stereocenters. The van der Waals surface area contributed by atoms with Gasteiger partial charge in [0.25, 0.3) is 5.91 Å². The summed E-state index contributed by atoms with van der Waals surface area (Å²) in [5, 5.41) is 9.74. The van der Waals surface area contributed by atoms with Crippen LogP contribution in [0.2, 0.25) is 0 Å². The van der Waals surface area contributed by atoms with Crippen LogP contribution in [0.15, 0.2) is 18.2 Å². The number of likely N-dealkylation sites (tertiary alicyclic amines) is 1. The highest BCUT2D eigenvalue weighted by Crippen LogP contribution is 2.29. The van der Waals surface area contributed by atoms with E-state index in [2.05, 4.69) is 6.92 Å². The number of carbonyl (C=O) groups is 1. The molecule has 0 bridgehead atoms. The number of ether oxygens (including phenoxy) is 1. The molecule has 2 rings (SSSR count). The summed E-state index contributed by atoms with van der Waals surface area (Å²) in [5.41, 5.74) is 6.21. The van der Waals surface area contributed by atoms with Crippen molar-refractivity contribution in [1.82, 2.24) is 4.90 Å². The molecule has 1 fully saturated rings. The lowest BCUT2D eigenvalue weighted by atomic mass is 10.0. The van der Waals surface area contributed by atoms with Crippen molar-refractivity contribution in [3.05, 3.63) is 23.8 Å². The van der Waals surface area contributed by atoms with Crippen molar-refractivity contribution in [1.29, 1.82) is 0 Å². The Bertz CT molecular complexity index is 476. The number of rotatable bonds is 3. The molecular formula is C14H20N2O3. The highest BCUT2D eigenvalue weighted by atomic mass is 16.5. The van der Waals surface area contributed by atoms with Gasteiger partial charge in [-0.2, -0.15) is 0 Å². The summed E-state index contributed by atoms with van der Waals surface area (Å²) in [6, 6.07) is 4.78. The number of aromatic hydroxyl groups is 1. The number of carbonyl (C=O) groups excluding carboxylic acids is 1. The first-order valence-electron chi connectivity index (χ1n) is 6.46. The summed E-state index contributed by atoms with van der Waals surface area (Å²) in [6.07, 6.45) is 0.968. The lowest BCUT2D eigenvalue weighted by Gasteiger charge is -2.25. The van der Waals surface area contributed by atoms with E-state index in [-0.39, 0.29) is 17.7 Å². The van der Waals surface area contributed by atoms with Crippen LogP contribution in [-0.4, -0.2) is 42.2 Å². The molecule has 1 aliphatic heterocycles. The Balaban J connectivity index is 2.22. The summed E-state index contributed by atoms with van der Waals surface area (Å²) in [7, 11) is 1.48. The van der Waals surface area contributed by atoms with Crippen LogP contribution in [-0.2, 0) is 0 Å². The number of amides is 1. The Morgan fingerprint density at radius 1 is 1.58 bits per heavy atom. The van der Waals surface area contributed by atoms with E-state index in [9.17, 15) is 9.90 Å². The molecule has 104 valence electrons. The SMILES string of the molecule is COc1ccc(C(=O)N2CCC(C)C2CN)cc1O. The molecule has 1 saturated heterocycles. The average Bonchev–Trinajstić information content (AvgIpc) is 2.78. The number of phenolic OH excluding ortho intramolecular Hbond substituents is 1. The van der Waals surface area contributed by atoms with Crippen LogP contribution in [0.25, 0.3) is 0 Å². The van der Waals surface area contributed by atoms with Gasteiger partial charge in [0.05, 0.1) is 7.11 Å². The molecule has 0 saturated carbocycles. The molecular weight excluding hydrogens is 244 g/mol. The van der Waals surface area contributed by atoms with E-state index < -0.39 is 0 Å². The van der Waals surface area contributed by atoms with Gasteiger partial charge in [0, 0.05) is 24.7 Å². The van der Waals surface area contributed by atoms with Crippen LogP contribution in [0, 0.1) is 5.92 Å². The Morgan fingerprint density at radius 3 is 2.89 bits per heavy atom. The molecule has 1 aromatic carbocycles. The average molecular weight is 264 g/mol. The zero-order valence-corrected chi connectivity index (χ0v) is 11.3. The third kappa shape index (κ3) is 2.51. The minimum absolute atomic E-state index is 0.0232. The van der Waals surface area contributed by atoms with Crippen LogP contribution >= 0.6 is 0 Å². The van der Waals surface area contributed by atoms with Crippen molar-refractivity contribution in [3.8, 4) is 11.5 Å². The maximum absolute atomic E-state index is 12.4. The number of nitrogens with two attached hydrogens (primary N) is 1. The van der Waals surface area contributed by atoms with Crippen LogP contribution in [0.5, 0.6) is 11.5 Å². The minimum Gasteiger partial charge on any atom is -0.504 e. The molecule has 0 spiro atoms. The third-order valence-electron chi connectivity index (χ3n) is 3.81. The number of methoxy groups -OCH3 is 1. The molecule has 0 aromatic heterocycles. The third-order valence-corrected chi connectivity index (χ3v) is 3.81. The normalized spacial score (nSPS) is 22.6. The standard InChI is InChI=1S/C14H20N2O3/c1-9-5-6-16(11(9)8-15)14(18)10-3-4-13(19-2)12(17)7-10/h3-4,7,9,11,17H,5-6,8,15H2,1-2H3. The zero-order chi connectivity index (χ0) is 14.0. The van der Waals surface area contributed by atoms with Crippen molar-refractivity contribution < 1.29 is 14.6 Å². The molecule has 1 amide bonds. The first-order chi connectivity index (χ1) is 9.08. The van der Waals surface area contributed by atoms with Gasteiger partial charge >= 0.3 is 0 Å². The van der Waals surface area contributed by atoms with Crippen molar-refractivity contribution >= 4 is 5.91 Å². The Hall–Kier alpha value is -1.75. The molecule has 3 N–H and O–H groups in total. The fraction of sp³-hybridized carbons (Fsp3) is 0.500. The largest absolute Gasteiger partial charge is 0.504 e. The number of nitrogens with zero attached hydrogens (tertiary/aromatic N) is 1. The smallest absolute Gasteiger partial charge is 0.254 e. The predicted molar refractivity (Wildman–Crippen MR) is 72.3 cm³/mol. The fourth-order valence-electron chi connectivity index (χ4n) is 2.61. The monoisotopic (exact) mass is 264 g/mol. The van der Waals surface area contributed by atoms with E-state index in [1.165, 1.54) is 13.2 Å². The molecule has 5 nitrogen and oxygen atoms in total. The first-order valence-corrected chi connectivity index (χ1v) is 6.46. The van der Waals surface area contributed by atoms with E-state index in [0.29, 0.717) is 30.3 Å². The summed E-state index contributed by atoms with van der Waals surface area (Å²) >= 11 is 0. The van der Waals surface area contributed by atoms with Gasteiger partial charge in [0.15, 0.2) is 11.5 Å². The number of hydrogen-bond donors (Lipinski definition) is 2.